The molecule has 42 heavy (non-hydrogen) atoms. The van der Waals surface area contributed by atoms with Gasteiger partial charge >= 0.3 is 6.09 Å². The predicted octanol–water partition coefficient (Wildman–Crippen LogP) is 5.93. The fourth-order valence-corrected chi connectivity index (χ4v) is 5.81. The molecule has 7 heteroatoms. The zero-order valence-electron chi connectivity index (χ0n) is 23.0. The summed E-state index contributed by atoms with van der Waals surface area (Å²) in [5, 5.41) is 0. The lowest BCUT2D eigenvalue weighted by Gasteiger charge is -2.27. The van der Waals surface area contributed by atoms with Crippen molar-refractivity contribution in [1.29, 1.82) is 0 Å². The largest absolute Gasteiger partial charge is 0.447 e. The third-order valence-electron chi connectivity index (χ3n) is 7.96. The molecule has 7 nitrogen and oxygen atoms in total. The van der Waals surface area contributed by atoms with E-state index in [1.807, 2.05) is 84.9 Å². The number of benzene rings is 4. The summed E-state index contributed by atoms with van der Waals surface area (Å²) in [6.07, 6.45) is 0.418. The lowest BCUT2D eigenvalue weighted by molar-refractivity contribution is -0.129. The van der Waals surface area contributed by atoms with Crippen LogP contribution in [0.5, 0.6) is 0 Å². The third kappa shape index (κ3) is 5.46. The monoisotopic (exact) mass is 558 g/mol. The first-order valence-corrected chi connectivity index (χ1v) is 14.1. The maximum absolute atomic E-state index is 13.4. The Hall–Kier alpha value is -5.04. The molecule has 1 saturated heterocycles. The SMILES string of the molecule is O=C(CC[C@@H](Cc1ccc(-c2ccccc2)cc1)N1C(=O)c2ccccc2C1=O)N1C(=O)OCC1Cc1ccccc1. The Balaban J connectivity index is 1.22. The van der Waals surface area contributed by atoms with E-state index in [9.17, 15) is 19.2 Å². The standard InChI is InChI=1S/C35H30N2O5/c38-32(36-29(23-42-35(36)41)22-24-9-3-1-4-10-24)20-19-28(37-33(39)30-13-7-8-14-31(30)34(37)40)21-25-15-17-27(18-16-25)26-11-5-2-6-12-26/h1-18,28-29H,19-23H2/t28-,29?/m0/s1. The Bertz CT molecular complexity index is 1580. The summed E-state index contributed by atoms with van der Waals surface area (Å²) in [5.74, 6) is -1.10. The molecule has 1 fully saturated rings. The maximum atomic E-state index is 13.4. The molecule has 6 rings (SSSR count). The Morgan fingerprint density at radius 2 is 1.29 bits per heavy atom. The van der Waals surface area contributed by atoms with Crippen LogP contribution < -0.4 is 0 Å². The first kappa shape index (κ1) is 27.1. The van der Waals surface area contributed by atoms with Crippen molar-refractivity contribution in [2.45, 2.75) is 37.8 Å². The Morgan fingerprint density at radius 1 is 0.714 bits per heavy atom. The summed E-state index contributed by atoms with van der Waals surface area (Å²) in [6.45, 7) is 0.134. The highest BCUT2D eigenvalue weighted by Gasteiger charge is 2.41. The van der Waals surface area contributed by atoms with Gasteiger partial charge in [-0.05, 0) is 53.6 Å². The van der Waals surface area contributed by atoms with E-state index in [-0.39, 0.29) is 37.2 Å². The molecule has 0 saturated carbocycles. The average molecular weight is 559 g/mol. The molecule has 4 amide bonds. The molecular weight excluding hydrogens is 528 g/mol. The van der Waals surface area contributed by atoms with E-state index >= 15 is 0 Å². The van der Waals surface area contributed by atoms with Crippen LogP contribution in [-0.4, -0.2) is 52.3 Å². The van der Waals surface area contributed by atoms with Gasteiger partial charge < -0.3 is 4.74 Å². The van der Waals surface area contributed by atoms with E-state index in [0.717, 1.165) is 22.3 Å². The van der Waals surface area contributed by atoms with E-state index in [1.54, 1.807) is 24.3 Å². The summed E-state index contributed by atoms with van der Waals surface area (Å²) < 4.78 is 5.25. The molecule has 0 aromatic heterocycles. The van der Waals surface area contributed by atoms with Gasteiger partial charge in [-0.25, -0.2) is 9.69 Å². The first-order valence-electron chi connectivity index (χ1n) is 14.1. The van der Waals surface area contributed by atoms with Gasteiger partial charge in [0.15, 0.2) is 0 Å². The van der Waals surface area contributed by atoms with Gasteiger partial charge in [0.25, 0.3) is 11.8 Å². The van der Waals surface area contributed by atoms with Crippen molar-refractivity contribution in [2.75, 3.05) is 6.61 Å². The average Bonchev–Trinajstić information content (AvgIpc) is 3.52. The zero-order chi connectivity index (χ0) is 29.1. The van der Waals surface area contributed by atoms with Crippen molar-refractivity contribution in [2.24, 2.45) is 0 Å². The highest BCUT2D eigenvalue weighted by molar-refractivity contribution is 6.21. The molecule has 0 radical (unpaired) electrons. The number of nitrogens with zero attached hydrogens (tertiary/aromatic N) is 2. The van der Waals surface area contributed by atoms with E-state index < -0.39 is 18.2 Å². The van der Waals surface area contributed by atoms with E-state index in [4.69, 9.17) is 4.74 Å². The van der Waals surface area contributed by atoms with E-state index in [0.29, 0.717) is 24.0 Å². The number of imide groups is 2. The number of carbonyl (C=O) groups is 4. The van der Waals surface area contributed by atoms with Crippen molar-refractivity contribution in [1.82, 2.24) is 9.80 Å². The minimum Gasteiger partial charge on any atom is -0.447 e. The third-order valence-corrected chi connectivity index (χ3v) is 7.96. The lowest BCUT2D eigenvalue weighted by atomic mass is 9.97. The summed E-state index contributed by atoms with van der Waals surface area (Å²) in [7, 11) is 0. The second-order valence-electron chi connectivity index (χ2n) is 10.7. The minimum absolute atomic E-state index is 0.0133. The van der Waals surface area contributed by atoms with Crippen molar-refractivity contribution >= 4 is 23.8 Å². The van der Waals surface area contributed by atoms with Crippen LogP contribution >= 0.6 is 0 Å². The molecule has 0 spiro atoms. The van der Waals surface area contributed by atoms with E-state index in [2.05, 4.69) is 0 Å². The van der Waals surface area contributed by atoms with E-state index in [1.165, 1.54) is 9.80 Å². The molecule has 0 N–H and O–H groups in total. The van der Waals surface area contributed by atoms with Crippen LogP contribution in [0.2, 0.25) is 0 Å². The van der Waals surface area contributed by atoms with Crippen LogP contribution in [0.3, 0.4) is 0 Å². The minimum atomic E-state index is -0.658. The summed E-state index contributed by atoms with van der Waals surface area (Å²) in [5.41, 5.74) is 4.82. The highest BCUT2D eigenvalue weighted by Crippen LogP contribution is 2.29. The van der Waals surface area contributed by atoms with Crippen LogP contribution in [0.25, 0.3) is 11.1 Å². The van der Waals surface area contributed by atoms with Crippen LogP contribution in [0.15, 0.2) is 109 Å². The zero-order valence-corrected chi connectivity index (χ0v) is 23.0. The van der Waals surface area contributed by atoms with Crippen LogP contribution in [0, 0.1) is 0 Å². The predicted molar refractivity (Wildman–Crippen MR) is 158 cm³/mol. The van der Waals surface area contributed by atoms with Crippen LogP contribution in [0.1, 0.15) is 44.7 Å². The van der Waals surface area contributed by atoms with Crippen molar-refractivity contribution < 1.29 is 23.9 Å². The topological polar surface area (TPSA) is 84.0 Å². The van der Waals surface area contributed by atoms with Crippen molar-refractivity contribution in [3.8, 4) is 11.1 Å². The number of carbonyl (C=O) groups excluding carboxylic acids is 4. The number of cyclic esters (lactones) is 1. The van der Waals surface area contributed by atoms with Gasteiger partial charge in [0.05, 0.1) is 17.2 Å². The number of hydrogen-bond acceptors (Lipinski definition) is 5. The highest BCUT2D eigenvalue weighted by atomic mass is 16.6. The molecule has 4 aromatic rings. The maximum Gasteiger partial charge on any atom is 0.416 e. The quantitative estimate of drug-likeness (QED) is 0.238. The van der Waals surface area contributed by atoms with Crippen LogP contribution in [0.4, 0.5) is 4.79 Å². The van der Waals surface area contributed by atoms with Crippen LogP contribution in [-0.2, 0) is 22.4 Å². The molecule has 1 unspecified atom stereocenters. The van der Waals surface area contributed by atoms with Gasteiger partial charge in [0, 0.05) is 12.5 Å². The second kappa shape index (κ2) is 11.8. The Kier molecular flexibility index (Phi) is 7.64. The van der Waals surface area contributed by atoms with Gasteiger partial charge in [0.2, 0.25) is 5.91 Å². The van der Waals surface area contributed by atoms with Crippen molar-refractivity contribution in [3.05, 3.63) is 131 Å². The van der Waals surface area contributed by atoms with Gasteiger partial charge in [-0.3, -0.25) is 19.3 Å². The number of hydrogen-bond donors (Lipinski definition) is 0. The van der Waals surface area contributed by atoms with Gasteiger partial charge in [-0.15, -0.1) is 0 Å². The summed E-state index contributed by atoms with van der Waals surface area (Å²) in [4.78, 5) is 55.3. The molecule has 210 valence electrons. The fraction of sp³-hybridized carbons (Fsp3) is 0.200. The molecule has 2 aliphatic heterocycles. The van der Waals surface area contributed by atoms with Crippen molar-refractivity contribution in [3.63, 3.8) is 0 Å². The molecule has 4 aromatic carbocycles. The summed E-state index contributed by atoms with van der Waals surface area (Å²) in [6, 6.07) is 33.5. The molecule has 0 aliphatic carbocycles. The molecule has 2 atom stereocenters. The Morgan fingerprint density at radius 3 is 1.93 bits per heavy atom. The van der Waals surface area contributed by atoms with Gasteiger partial charge in [-0.2, -0.15) is 0 Å². The molecule has 0 bridgehead atoms. The lowest BCUT2D eigenvalue weighted by Crippen LogP contribution is -2.44. The molecule has 2 aliphatic rings. The smallest absolute Gasteiger partial charge is 0.416 e. The number of ether oxygens (including phenoxy) is 1. The van der Waals surface area contributed by atoms with Gasteiger partial charge in [-0.1, -0.05) is 97.1 Å². The molecular formula is C35H30N2O5. The van der Waals surface area contributed by atoms with Gasteiger partial charge in [0.1, 0.15) is 6.61 Å². The second-order valence-corrected chi connectivity index (χ2v) is 10.7. The molecule has 2 heterocycles. The number of rotatable bonds is 9. The normalized spacial score (nSPS) is 16.9. The Labute approximate surface area is 244 Å². The summed E-state index contributed by atoms with van der Waals surface area (Å²) >= 11 is 0. The first-order chi connectivity index (χ1) is 20.5. The fourth-order valence-electron chi connectivity index (χ4n) is 5.81. The number of fused-ring (bicyclic) bond motifs is 1. The number of amides is 4.